The molecule has 0 spiro atoms. The maximum Gasteiger partial charge on any atom is 0.262 e. The minimum absolute atomic E-state index is 0.213. The lowest BCUT2D eigenvalue weighted by Gasteiger charge is -2.14. The van der Waals surface area contributed by atoms with E-state index in [1.54, 1.807) is 31.2 Å². The highest BCUT2D eigenvalue weighted by Crippen LogP contribution is 2.29. The summed E-state index contributed by atoms with van der Waals surface area (Å²) in [4.78, 5) is 11.5. The third kappa shape index (κ3) is 4.05. The van der Waals surface area contributed by atoms with Crippen molar-refractivity contribution >= 4 is 27.3 Å². The van der Waals surface area contributed by atoms with E-state index < -0.39 is 10.0 Å². The summed E-state index contributed by atoms with van der Waals surface area (Å²) >= 11 is 0. The van der Waals surface area contributed by atoms with Crippen LogP contribution in [0, 0.1) is 13.8 Å². The largest absolute Gasteiger partial charge is 0.495 e. The van der Waals surface area contributed by atoms with Crippen molar-refractivity contribution in [2.45, 2.75) is 25.7 Å². The van der Waals surface area contributed by atoms with Crippen LogP contribution in [-0.2, 0) is 14.8 Å². The predicted octanol–water partition coefficient (Wildman–Crippen LogP) is 3.07. The van der Waals surface area contributed by atoms with Gasteiger partial charge in [0.05, 0.1) is 23.4 Å². The Hall–Kier alpha value is -2.54. The molecule has 6 nitrogen and oxygen atoms in total. The van der Waals surface area contributed by atoms with Gasteiger partial charge < -0.3 is 10.1 Å². The molecule has 0 atom stereocenters. The Labute approximate surface area is 141 Å². The SMILES string of the molecule is COc1ccc(NS(=O)(=O)c2ccc(C)cc2C)cc1NC(C)=O. The zero-order valence-electron chi connectivity index (χ0n) is 14.0. The van der Waals surface area contributed by atoms with Crippen LogP contribution >= 0.6 is 0 Å². The second kappa shape index (κ2) is 6.92. The summed E-state index contributed by atoms with van der Waals surface area (Å²) in [5, 5.41) is 2.61. The van der Waals surface area contributed by atoms with Gasteiger partial charge in [-0.15, -0.1) is 0 Å². The number of amides is 1. The molecule has 0 aliphatic carbocycles. The first-order valence-corrected chi connectivity index (χ1v) is 8.77. The monoisotopic (exact) mass is 348 g/mol. The van der Waals surface area contributed by atoms with Gasteiger partial charge in [-0.3, -0.25) is 9.52 Å². The smallest absolute Gasteiger partial charge is 0.262 e. The second-order valence-corrected chi connectivity index (χ2v) is 7.12. The number of hydrogen-bond donors (Lipinski definition) is 2. The van der Waals surface area contributed by atoms with Gasteiger partial charge in [-0.05, 0) is 43.7 Å². The van der Waals surface area contributed by atoms with Crippen LogP contribution in [0.3, 0.4) is 0 Å². The van der Waals surface area contributed by atoms with Crippen molar-refractivity contribution in [2.75, 3.05) is 17.1 Å². The summed E-state index contributed by atoms with van der Waals surface area (Å²) in [5.41, 5.74) is 2.38. The Morgan fingerprint density at radius 1 is 1.08 bits per heavy atom. The summed E-state index contributed by atoms with van der Waals surface area (Å²) in [5.74, 6) is 0.169. The molecule has 0 saturated heterocycles. The number of aryl methyl sites for hydroxylation is 2. The van der Waals surface area contributed by atoms with Gasteiger partial charge in [0.2, 0.25) is 5.91 Å². The molecular weight excluding hydrogens is 328 g/mol. The maximum absolute atomic E-state index is 12.6. The van der Waals surface area contributed by atoms with E-state index in [1.165, 1.54) is 20.1 Å². The van der Waals surface area contributed by atoms with Crippen LogP contribution < -0.4 is 14.8 Å². The molecule has 2 N–H and O–H groups in total. The number of nitrogens with one attached hydrogen (secondary N) is 2. The summed E-state index contributed by atoms with van der Waals surface area (Å²) in [6.45, 7) is 5.02. The van der Waals surface area contributed by atoms with Gasteiger partial charge in [0.25, 0.3) is 10.0 Å². The Bertz CT molecular complexity index is 876. The van der Waals surface area contributed by atoms with E-state index in [0.717, 1.165) is 5.56 Å². The van der Waals surface area contributed by atoms with Crippen LogP contribution in [-0.4, -0.2) is 21.4 Å². The Morgan fingerprint density at radius 3 is 2.38 bits per heavy atom. The van der Waals surface area contributed by atoms with Gasteiger partial charge in [0, 0.05) is 6.92 Å². The molecule has 2 aromatic rings. The third-order valence-electron chi connectivity index (χ3n) is 3.38. The molecule has 2 rings (SSSR count). The van der Waals surface area contributed by atoms with E-state index in [4.69, 9.17) is 4.74 Å². The number of ether oxygens (including phenoxy) is 1. The first-order chi connectivity index (χ1) is 11.2. The molecule has 0 bridgehead atoms. The summed E-state index contributed by atoms with van der Waals surface area (Å²) in [6.07, 6.45) is 0. The summed E-state index contributed by atoms with van der Waals surface area (Å²) in [6, 6.07) is 9.81. The van der Waals surface area contributed by atoms with E-state index in [2.05, 4.69) is 10.0 Å². The molecule has 0 aromatic heterocycles. The predicted molar refractivity (Wildman–Crippen MR) is 94.0 cm³/mol. The Balaban J connectivity index is 2.37. The fourth-order valence-corrected chi connectivity index (χ4v) is 3.65. The molecule has 0 aliphatic rings. The number of hydrogen-bond acceptors (Lipinski definition) is 4. The second-order valence-electron chi connectivity index (χ2n) is 5.47. The molecule has 24 heavy (non-hydrogen) atoms. The Morgan fingerprint density at radius 2 is 1.79 bits per heavy atom. The molecule has 0 saturated carbocycles. The molecule has 128 valence electrons. The average molecular weight is 348 g/mol. The topological polar surface area (TPSA) is 84.5 Å². The van der Waals surface area contributed by atoms with Gasteiger partial charge in [-0.1, -0.05) is 17.7 Å². The first-order valence-electron chi connectivity index (χ1n) is 7.28. The van der Waals surface area contributed by atoms with Crippen LogP contribution in [0.5, 0.6) is 5.75 Å². The molecule has 7 heteroatoms. The molecule has 1 amide bonds. The molecule has 0 unspecified atom stereocenters. The van der Waals surface area contributed by atoms with Crippen LogP contribution in [0.4, 0.5) is 11.4 Å². The quantitative estimate of drug-likeness (QED) is 0.870. The number of rotatable bonds is 5. The molecule has 0 heterocycles. The third-order valence-corrected chi connectivity index (χ3v) is 4.92. The molecular formula is C17H20N2O4S. The van der Waals surface area contributed by atoms with E-state index in [9.17, 15) is 13.2 Å². The van der Waals surface area contributed by atoms with Gasteiger partial charge in [0.15, 0.2) is 0 Å². The van der Waals surface area contributed by atoms with Crippen molar-refractivity contribution in [1.29, 1.82) is 0 Å². The van der Waals surface area contributed by atoms with Crippen molar-refractivity contribution in [3.63, 3.8) is 0 Å². The van der Waals surface area contributed by atoms with Gasteiger partial charge in [0.1, 0.15) is 5.75 Å². The van der Waals surface area contributed by atoms with E-state index in [0.29, 0.717) is 22.7 Å². The highest BCUT2D eigenvalue weighted by atomic mass is 32.2. The van der Waals surface area contributed by atoms with E-state index >= 15 is 0 Å². The van der Waals surface area contributed by atoms with Crippen molar-refractivity contribution in [1.82, 2.24) is 0 Å². The fourth-order valence-electron chi connectivity index (χ4n) is 2.37. The van der Waals surface area contributed by atoms with Gasteiger partial charge >= 0.3 is 0 Å². The maximum atomic E-state index is 12.6. The van der Waals surface area contributed by atoms with Crippen molar-refractivity contribution in [3.05, 3.63) is 47.5 Å². The van der Waals surface area contributed by atoms with Crippen molar-refractivity contribution in [3.8, 4) is 5.75 Å². The van der Waals surface area contributed by atoms with Crippen LogP contribution in [0.15, 0.2) is 41.3 Å². The first kappa shape index (κ1) is 17.8. The Kier molecular flexibility index (Phi) is 5.14. The number of sulfonamides is 1. The number of carbonyl (C=O) groups excluding carboxylic acids is 1. The van der Waals surface area contributed by atoms with Gasteiger partial charge in [-0.25, -0.2) is 8.42 Å². The normalized spacial score (nSPS) is 11.0. The standard InChI is InChI=1S/C17H20N2O4S/c1-11-5-8-17(12(2)9-11)24(21,22)19-14-6-7-16(23-4)15(10-14)18-13(3)20/h5-10,19H,1-4H3,(H,18,20). The zero-order valence-corrected chi connectivity index (χ0v) is 14.8. The lowest BCUT2D eigenvalue weighted by molar-refractivity contribution is -0.114. The molecule has 0 radical (unpaired) electrons. The molecule has 2 aromatic carbocycles. The van der Waals surface area contributed by atoms with Gasteiger partial charge in [-0.2, -0.15) is 0 Å². The summed E-state index contributed by atoms with van der Waals surface area (Å²) < 4.78 is 32.9. The zero-order chi connectivity index (χ0) is 17.9. The highest BCUT2D eigenvalue weighted by Gasteiger charge is 2.18. The van der Waals surface area contributed by atoms with Crippen LogP contribution in [0.1, 0.15) is 18.1 Å². The lowest BCUT2D eigenvalue weighted by Crippen LogP contribution is -2.15. The minimum Gasteiger partial charge on any atom is -0.495 e. The average Bonchev–Trinajstić information content (AvgIpc) is 2.46. The fraction of sp³-hybridized carbons (Fsp3) is 0.235. The number of carbonyl (C=O) groups is 1. The minimum atomic E-state index is -3.73. The van der Waals surface area contributed by atoms with Crippen LogP contribution in [0.25, 0.3) is 0 Å². The lowest BCUT2D eigenvalue weighted by atomic mass is 10.2. The van der Waals surface area contributed by atoms with E-state index in [-0.39, 0.29) is 10.8 Å². The number of methoxy groups -OCH3 is 1. The highest BCUT2D eigenvalue weighted by molar-refractivity contribution is 7.92. The molecule has 0 aliphatic heterocycles. The summed E-state index contributed by atoms with van der Waals surface area (Å²) in [7, 11) is -2.26. The number of benzene rings is 2. The number of anilines is 2. The molecule has 0 fully saturated rings. The van der Waals surface area contributed by atoms with Crippen LogP contribution in [0.2, 0.25) is 0 Å². The van der Waals surface area contributed by atoms with Crippen molar-refractivity contribution in [2.24, 2.45) is 0 Å². The van der Waals surface area contributed by atoms with E-state index in [1.807, 2.05) is 13.0 Å². The van der Waals surface area contributed by atoms with Crippen molar-refractivity contribution < 1.29 is 17.9 Å².